The number of hydrogen-bond acceptors (Lipinski definition) is 3. The molecule has 35 heavy (non-hydrogen) atoms. The van der Waals surface area contributed by atoms with Crippen molar-refractivity contribution in [2.75, 3.05) is 0 Å². The first-order valence-corrected chi connectivity index (χ1v) is 13.0. The highest BCUT2D eigenvalue weighted by Gasteiger charge is 2.32. The van der Waals surface area contributed by atoms with E-state index < -0.39 is 0 Å². The Morgan fingerprint density at radius 2 is 1.91 bits per heavy atom. The molecule has 1 aliphatic carbocycles. The van der Waals surface area contributed by atoms with Gasteiger partial charge in [-0.1, -0.05) is 51.1 Å². The molecular weight excluding hydrogens is 453 g/mol. The summed E-state index contributed by atoms with van der Waals surface area (Å²) >= 11 is 1.68. The molecule has 3 nitrogen and oxygen atoms in total. The quantitative estimate of drug-likeness (QED) is 0.271. The number of fused-ring (bicyclic) bond motifs is 2. The molecular formula is C30H30FN3S. The molecule has 4 aromatic rings. The fourth-order valence-electron chi connectivity index (χ4n) is 5.24. The number of aliphatic imine (C=N–C) groups is 1. The Bertz CT molecular complexity index is 1460. The lowest BCUT2D eigenvalue weighted by Gasteiger charge is -2.33. The zero-order chi connectivity index (χ0) is 24.7. The van der Waals surface area contributed by atoms with E-state index in [-0.39, 0.29) is 11.2 Å². The van der Waals surface area contributed by atoms with Crippen LogP contribution in [-0.4, -0.2) is 10.8 Å². The number of thiophene rings is 1. The van der Waals surface area contributed by atoms with Gasteiger partial charge < -0.3 is 4.57 Å². The maximum atomic E-state index is 13.4. The maximum absolute atomic E-state index is 13.4. The van der Waals surface area contributed by atoms with Crippen molar-refractivity contribution in [3.05, 3.63) is 87.2 Å². The van der Waals surface area contributed by atoms with Gasteiger partial charge in [0.05, 0.1) is 5.56 Å². The summed E-state index contributed by atoms with van der Waals surface area (Å²) in [6, 6.07) is 17.4. The molecule has 0 N–H and O–H groups in total. The predicted molar refractivity (Wildman–Crippen MR) is 143 cm³/mol. The van der Waals surface area contributed by atoms with Gasteiger partial charge in [0.1, 0.15) is 16.9 Å². The molecule has 5 heteroatoms. The van der Waals surface area contributed by atoms with Gasteiger partial charge in [0.2, 0.25) is 0 Å². The lowest BCUT2D eigenvalue weighted by Crippen LogP contribution is -2.26. The molecule has 1 aliphatic rings. The van der Waals surface area contributed by atoms with Crippen LogP contribution in [0.4, 0.5) is 9.39 Å². The molecule has 5 rings (SSSR count). The molecule has 0 spiro atoms. The largest absolute Gasteiger partial charge is 0.340 e. The Labute approximate surface area is 210 Å². The second kappa shape index (κ2) is 9.09. The van der Waals surface area contributed by atoms with Crippen LogP contribution in [0.5, 0.6) is 0 Å². The minimum absolute atomic E-state index is 0.226. The molecule has 178 valence electrons. The monoisotopic (exact) mass is 483 g/mol. The first-order chi connectivity index (χ1) is 16.8. The molecule has 2 aromatic heterocycles. The molecule has 0 fully saturated rings. The molecule has 0 bridgehead atoms. The summed E-state index contributed by atoms with van der Waals surface area (Å²) in [4.78, 5) is 6.22. The molecule has 0 saturated heterocycles. The van der Waals surface area contributed by atoms with Crippen LogP contribution in [0, 0.1) is 35.4 Å². The fourth-order valence-corrected chi connectivity index (χ4v) is 6.46. The van der Waals surface area contributed by atoms with E-state index in [1.54, 1.807) is 11.3 Å². The Kier molecular flexibility index (Phi) is 6.11. The third-order valence-electron chi connectivity index (χ3n) is 7.43. The summed E-state index contributed by atoms with van der Waals surface area (Å²) in [5, 5.41) is 11.9. The first-order valence-electron chi connectivity index (χ1n) is 12.2. The molecule has 0 radical (unpaired) electrons. The summed E-state index contributed by atoms with van der Waals surface area (Å²) in [6.45, 7) is 9.69. The van der Waals surface area contributed by atoms with Crippen molar-refractivity contribution in [1.29, 1.82) is 5.26 Å². The number of para-hydroxylation sites is 1. The molecule has 2 heterocycles. The normalized spacial score (nSPS) is 16.1. The highest BCUT2D eigenvalue weighted by Crippen LogP contribution is 2.45. The van der Waals surface area contributed by atoms with Crippen LogP contribution in [0.15, 0.2) is 53.5 Å². The molecule has 0 unspecified atom stereocenters. The first kappa shape index (κ1) is 23.5. The van der Waals surface area contributed by atoms with E-state index in [0.717, 1.165) is 57.6 Å². The Morgan fingerprint density at radius 1 is 1.17 bits per heavy atom. The average Bonchev–Trinajstić information content (AvgIpc) is 3.32. The molecule has 2 aromatic carbocycles. The van der Waals surface area contributed by atoms with Gasteiger partial charge >= 0.3 is 0 Å². The third kappa shape index (κ3) is 4.44. The topological polar surface area (TPSA) is 41.1 Å². The fraction of sp³-hybridized carbons (Fsp3) is 0.333. The lowest BCUT2D eigenvalue weighted by molar-refractivity contribution is 0.218. The standard InChI is InChI=1S/C30H30FN3S/c1-19-26(23-7-5-6-8-27(23)34(19)18-20-9-12-22(31)13-10-20)17-33-29-25(16-32)24-14-11-21(30(2,3)4)15-28(24)35-29/h5-10,12-13,17,21H,11,14-15,18H2,1-4H3/t21-/m1/s1. The van der Waals surface area contributed by atoms with Crippen molar-refractivity contribution in [1.82, 2.24) is 4.57 Å². The van der Waals surface area contributed by atoms with Crippen LogP contribution in [0.2, 0.25) is 0 Å². The van der Waals surface area contributed by atoms with Crippen molar-refractivity contribution in [2.24, 2.45) is 16.3 Å². The summed E-state index contributed by atoms with van der Waals surface area (Å²) in [7, 11) is 0. The maximum Gasteiger partial charge on any atom is 0.134 e. The van der Waals surface area contributed by atoms with Gasteiger partial charge in [0, 0.05) is 39.8 Å². The predicted octanol–water partition coefficient (Wildman–Crippen LogP) is 7.97. The van der Waals surface area contributed by atoms with Crippen molar-refractivity contribution in [3.8, 4) is 6.07 Å². The van der Waals surface area contributed by atoms with Crippen LogP contribution >= 0.6 is 11.3 Å². The summed E-state index contributed by atoms with van der Waals surface area (Å²) < 4.78 is 15.7. The number of hydrogen-bond donors (Lipinski definition) is 0. The SMILES string of the molecule is Cc1c(C=Nc2sc3c(c2C#N)CC[C@@H](C(C)(C)C)C3)c2ccccc2n1Cc1ccc(F)cc1. The molecule has 0 aliphatic heterocycles. The second-order valence-corrected chi connectivity index (χ2v) is 11.7. The minimum Gasteiger partial charge on any atom is -0.340 e. The van der Waals surface area contributed by atoms with E-state index >= 15 is 0 Å². The van der Waals surface area contributed by atoms with Gasteiger partial charge in [0.15, 0.2) is 0 Å². The van der Waals surface area contributed by atoms with Crippen LogP contribution in [0.3, 0.4) is 0 Å². The Morgan fingerprint density at radius 3 is 2.63 bits per heavy atom. The smallest absolute Gasteiger partial charge is 0.134 e. The highest BCUT2D eigenvalue weighted by molar-refractivity contribution is 7.16. The third-order valence-corrected chi connectivity index (χ3v) is 8.59. The van der Waals surface area contributed by atoms with E-state index in [1.807, 2.05) is 30.5 Å². The second-order valence-electron chi connectivity index (χ2n) is 10.6. The van der Waals surface area contributed by atoms with Gasteiger partial charge in [0.25, 0.3) is 0 Å². The summed E-state index contributed by atoms with van der Waals surface area (Å²) in [5.41, 5.74) is 6.56. The zero-order valence-electron chi connectivity index (χ0n) is 20.7. The summed E-state index contributed by atoms with van der Waals surface area (Å²) in [6.07, 6.45) is 5.05. The lowest BCUT2D eigenvalue weighted by atomic mass is 9.72. The minimum atomic E-state index is -0.226. The van der Waals surface area contributed by atoms with E-state index in [4.69, 9.17) is 4.99 Å². The molecule has 1 atom stereocenters. The van der Waals surface area contributed by atoms with Gasteiger partial charge in [-0.2, -0.15) is 5.26 Å². The van der Waals surface area contributed by atoms with Gasteiger partial charge in [-0.15, -0.1) is 11.3 Å². The van der Waals surface area contributed by atoms with Crippen LogP contribution in [0.1, 0.15) is 60.0 Å². The summed E-state index contributed by atoms with van der Waals surface area (Å²) in [5.74, 6) is 0.403. The molecule has 0 amide bonds. The van der Waals surface area contributed by atoms with Gasteiger partial charge in [-0.3, -0.25) is 0 Å². The van der Waals surface area contributed by atoms with Crippen LogP contribution in [-0.2, 0) is 19.4 Å². The average molecular weight is 484 g/mol. The Hall–Kier alpha value is -3.23. The van der Waals surface area contributed by atoms with Gasteiger partial charge in [-0.05, 0) is 66.8 Å². The number of halogens is 1. The number of aromatic nitrogens is 1. The van der Waals surface area contributed by atoms with Crippen LogP contribution in [0.25, 0.3) is 10.9 Å². The van der Waals surface area contributed by atoms with Gasteiger partial charge in [-0.25, -0.2) is 9.38 Å². The Balaban J connectivity index is 1.52. The van der Waals surface area contributed by atoms with Crippen molar-refractivity contribution >= 4 is 33.5 Å². The van der Waals surface area contributed by atoms with E-state index in [0.29, 0.717) is 12.5 Å². The van der Waals surface area contributed by atoms with E-state index in [9.17, 15) is 9.65 Å². The van der Waals surface area contributed by atoms with Crippen molar-refractivity contribution in [3.63, 3.8) is 0 Å². The van der Waals surface area contributed by atoms with Crippen LogP contribution < -0.4 is 0 Å². The number of rotatable bonds is 4. The number of benzene rings is 2. The zero-order valence-corrected chi connectivity index (χ0v) is 21.5. The molecule has 0 saturated carbocycles. The van der Waals surface area contributed by atoms with E-state index in [2.05, 4.69) is 50.5 Å². The van der Waals surface area contributed by atoms with E-state index in [1.165, 1.54) is 22.6 Å². The van der Waals surface area contributed by atoms with Crippen molar-refractivity contribution in [2.45, 2.75) is 53.5 Å². The highest BCUT2D eigenvalue weighted by atomic mass is 32.1. The number of nitrogens with zero attached hydrogens (tertiary/aromatic N) is 3. The van der Waals surface area contributed by atoms with Crippen molar-refractivity contribution < 1.29 is 4.39 Å². The number of nitriles is 1.